The lowest BCUT2D eigenvalue weighted by molar-refractivity contribution is -0.139. The number of carboxylic acid groups (broad SMARTS) is 1. The number of imidazole rings is 1. The van der Waals surface area contributed by atoms with Crippen molar-refractivity contribution in [1.82, 2.24) is 20.2 Å². The van der Waals surface area contributed by atoms with Gasteiger partial charge in [-0.1, -0.05) is 0 Å². The molecule has 0 aromatic carbocycles. The van der Waals surface area contributed by atoms with E-state index in [1.807, 2.05) is 0 Å². The highest BCUT2D eigenvalue weighted by molar-refractivity contribution is 5.83. The highest BCUT2D eigenvalue weighted by Gasteiger charge is 2.21. The van der Waals surface area contributed by atoms with Gasteiger partial charge in [0.15, 0.2) is 0 Å². The van der Waals surface area contributed by atoms with Gasteiger partial charge in [-0.05, 0) is 13.3 Å². The molecule has 1 aromatic rings. The Morgan fingerprint density at radius 1 is 1.38 bits per heavy atom. The van der Waals surface area contributed by atoms with Crippen molar-refractivity contribution in [1.29, 1.82) is 0 Å². The fourth-order valence-electron chi connectivity index (χ4n) is 1.72. The van der Waals surface area contributed by atoms with E-state index in [1.165, 1.54) is 0 Å². The summed E-state index contributed by atoms with van der Waals surface area (Å²) in [5.74, 6) is -1.83. The van der Waals surface area contributed by atoms with Gasteiger partial charge in [-0.3, -0.25) is 4.79 Å². The first kappa shape index (κ1) is 16.5. The number of carbonyl (C=O) groups excluding carboxylic acids is 2. The number of aliphatic carboxylic acids is 1. The topological polar surface area (TPSA) is 139 Å². The summed E-state index contributed by atoms with van der Waals surface area (Å²) in [7, 11) is 0. The molecule has 9 heteroatoms. The Morgan fingerprint density at radius 2 is 2.10 bits per heavy atom. The van der Waals surface area contributed by atoms with Gasteiger partial charge in [-0.2, -0.15) is 0 Å². The van der Waals surface area contributed by atoms with Gasteiger partial charge in [0, 0.05) is 31.4 Å². The third-order valence-electron chi connectivity index (χ3n) is 2.70. The Kier molecular flexibility index (Phi) is 6.18. The number of hydrogen-bond donors (Lipinski definition) is 4. The van der Waals surface area contributed by atoms with Crippen LogP contribution >= 0.6 is 0 Å². The molecular weight excluding hydrogens is 278 g/mol. The number of carboxylic acids is 1. The molecule has 5 N–H and O–H groups in total. The van der Waals surface area contributed by atoms with Gasteiger partial charge in [0.1, 0.15) is 6.04 Å². The van der Waals surface area contributed by atoms with E-state index in [1.54, 1.807) is 30.2 Å². The van der Waals surface area contributed by atoms with Crippen LogP contribution < -0.4 is 16.4 Å². The van der Waals surface area contributed by atoms with Crippen LogP contribution in [-0.4, -0.2) is 44.6 Å². The maximum atomic E-state index is 11.7. The summed E-state index contributed by atoms with van der Waals surface area (Å²) in [5, 5.41) is 13.9. The van der Waals surface area contributed by atoms with E-state index in [-0.39, 0.29) is 18.9 Å². The zero-order chi connectivity index (χ0) is 15.8. The van der Waals surface area contributed by atoms with Crippen molar-refractivity contribution in [2.45, 2.75) is 38.4 Å². The van der Waals surface area contributed by atoms with Crippen LogP contribution in [0.3, 0.4) is 0 Å². The van der Waals surface area contributed by atoms with E-state index in [2.05, 4.69) is 15.6 Å². The first-order chi connectivity index (χ1) is 9.88. The molecule has 0 aliphatic heterocycles. The molecule has 21 heavy (non-hydrogen) atoms. The zero-order valence-electron chi connectivity index (χ0n) is 11.7. The second kappa shape index (κ2) is 7.88. The molecule has 1 aromatic heterocycles. The average molecular weight is 297 g/mol. The van der Waals surface area contributed by atoms with Gasteiger partial charge in [0.05, 0.1) is 6.33 Å². The first-order valence-electron chi connectivity index (χ1n) is 6.42. The quantitative estimate of drug-likeness (QED) is 0.502. The lowest BCUT2D eigenvalue weighted by atomic mass is 10.1. The van der Waals surface area contributed by atoms with Crippen molar-refractivity contribution in [3.63, 3.8) is 0 Å². The highest BCUT2D eigenvalue weighted by atomic mass is 16.4. The van der Waals surface area contributed by atoms with E-state index in [9.17, 15) is 14.4 Å². The molecule has 0 saturated heterocycles. The van der Waals surface area contributed by atoms with Crippen LogP contribution in [0.5, 0.6) is 0 Å². The van der Waals surface area contributed by atoms with Crippen molar-refractivity contribution in [2.75, 3.05) is 0 Å². The molecule has 1 heterocycles. The number of aromatic nitrogens is 2. The van der Waals surface area contributed by atoms with Crippen molar-refractivity contribution < 1.29 is 19.5 Å². The summed E-state index contributed by atoms with van der Waals surface area (Å²) in [4.78, 5) is 37.2. The summed E-state index contributed by atoms with van der Waals surface area (Å²) in [6, 6.07) is -1.98. The average Bonchev–Trinajstić information content (AvgIpc) is 2.86. The van der Waals surface area contributed by atoms with E-state index < -0.39 is 23.9 Å². The van der Waals surface area contributed by atoms with Gasteiger partial charge in [0.25, 0.3) is 0 Å². The molecule has 0 spiro atoms. The highest BCUT2D eigenvalue weighted by Crippen LogP contribution is 1.98. The van der Waals surface area contributed by atoms with Crippen molar-refractivity contribution in [3.8, 4) is 0 Å². The second-order valence-electron chi connectivity index (χ2n) is 4.67. The number of amides is 3. The molecule has 0 bridgehead atoms. The summed E-state index contributed by atoms with van der Waals surface area (Å²) in [6.45, 7) is 2.28. The fraction of sp³-hybridized carbons (Fsp3) is 0.500. The summed E-state index contributed by atoms with van der Waals surface area (Å²) >= 11 is 0. The number of nitrogens with zero attached hydrogens (tertiary/aromatic N) is 2. The number of urea groups is 1. The molecule has 1 rings (SSSR count). The minimum atomic E-state index is -1.21. The maximum absolute atomic E-state index is 11.7. The van der Waals surface area contributed by atoms with E-state index in [0.29, 0.717) is 6.54 Å². The van der Waals surface area contributed by atoms with E-state index in [0.717, 1.165) is 0 Å². The molecule has 0 saturated carbocycles. The van der Waals surface area contributed by atoms with Gasteiger partial charge in [0.2, 0.25) is 5.91 Å². The third-order valence-corrected chi connectivity index (χ3v) is 2.70. The van der Waals surface area contributed by atoms with Crippen LogP contribution in [0, 0.1) is 0 Å². The Morgan fingerprint density at radius 3 is 2.62 bits per heavy atom. The molecule has 2 atom stereocenters. The van der Waals surface area contributed by atoms with Crippen LogP contribution in [0.15, 0.2) is 18.7 Å². The summed E-state index contributed by atoms with van der Waals surface area (Å²) < 4.78 is 1.78. The molecule has 0 radical (unpaired) electrons. The SMILES string of the molecule is CC(Cn1ccnc1)NC(=O)N[C@@H](CCC(N)=O)C(=O)O. The lowest BCUT2D eigenvalue weighted by Crippen LogP contribution is -2.49. The summed E-state index contributed by atoms with van der Waals surface area (Å²) in [5.41, 5.74) is 4.96. The van der Waals surface area contributed by atoms with Crippen molar-refractivity contribution in [2.24, 2.45) is 5.73 Å². The smallest absolute Gasteiger partial charge is 0.326 e. The van der Waals surface area contributed by atoms with Gasteiger partial charge >= 0.3 is 12.0 Å². The zero-order valence-corrected chi connectivity index (χ0v) is 11.7. The van der Waals surface area contributed by atoms with Gasteiger partial charge < -0.3 is 26.0 Å². The van der Waals surface area contributed by atoms with Crippen LogP contribution in [0.1, 0.15) is 19.8 Å². The molecule has 3 amide bonds. The maximum Gasteiger partial charge on any atom is 0.326 e. The Hall–Kier alpha value is -2.58. The number of nitrogens with two attached hydrogens (primary N) is 1. The molecule has 9 nitrogen and oxygen atoms in total. The van der Waals surface area contributed by atoms with Gasteiger partial charge in [-0.15, -0.1) is 0 Å². The third kappa shape index (κ3) is 6.41. The molecular formula is C12H19N5O4. The molecule has 0 fully saturated rings. The predicted octanol–water partition coefficient (Wildman–Crippen LogP) is -0.710. The Labute approximate surface area is 121 Å². The van der Waals surface area contributed by atoms with Crippen LogP contribution in [0.2, 0.25) is 0 Å². The lowest BCUT2D eigenvalue weighted by Gasteiger charge is -2.18. The van der Waals surface area contributed by atoms with Crippen LogP contribution in [0.4, 0.5) is 4.79 Å². The van der Waals surface area contributed by atoms with E-state index in [4.69, 9.17) is 10.8 Å². The van der Waals surface area contributed by atoms with E-state index >= 15 is 0 Å². The first-order valence-corrected chi connectivity index (χ1v) is 6.42. The molecule has 1 unspecified atom stereocenters. The molecule has 116 valence electrons. The normalized spacial score (nSPS) is 13.2. The number of nitrogens with one attached hydrogen (secondary N) is 2. The Balaban J connectivity index is 2.42. The second-order valence-corrected chi connectivity index (χ2v) is 4.67. The van der Waals surface area contributed by atoms with Crippen molar-refractivity contribution >= 4 is 17.9 Å². The van der Waals surface area contributed by atoms with Crippen LogP contribution in [-0.2, 0) is 16.1 Å². The Bertz CT molecular complexity index is 488. The predicted molar refractivity (Wildman–Crippen MR) is 73.2 cm³/mol. The number of rotatable bonds is 8. The number of primary amides is 1. The molecule has 0 aliphatic carbocycles. The van der Waals surface area contributed by atoms with Gasteiger partial charge in [-0.25, -0.2) is 14.6 Å². The number of carbonyl (C=O) groups is 3. The number of hydrogen-bond acceptors (Lipinski definition) is 4. The van der Waals surface area contributed by atoms with Crippen LogP contribution in [0.25, 0.3) is 0 Å². The minimum absolute atomic E-state index is 0.0476. The summed E-state index contributed by atoms with van der Waals surface area (Å²) in [6.07, 6.45) is 4.83. The fourth-order valence-corrected chi connectivity index (χ4v) is 1.72. The standard InChI is InChI=1S/C12H19N5O4/c1-8(6-17-5-4-14-7-17)15-12(21)16-9(11(19)20)2-3-10(13)18/h4-5,7-9H,2-3,6H2,1H3,(H2,13,18)(H,19,20)(H2,15,16,21)/t8?,9-/m0/s1. The minimum Gasteiger partial charge on any atom is -0.480 e. The largest absolute Gasteiger partial charge is 0.480 e. The monoisotopic (exact) mass is 297 g/mol. The van der Waals surface area contributed by atoms with Crippen molar-refractivity contribution in [3.05, 3.63) is 18.7 Å². The molecule has 0 aliphatic rings.